The van der Waals surface area contributed by atoms with Crippen molar-refractivity contribution < 1.29 is 22.7 Å². The van der Waals surface area contributed by atoms with E-state index in [9.17, 15) is 13.2 Å². The summed E-state index contributed by atoms with van der Waals surface area (Å²) in [6, 6.07) is 19.2. The van der Waals surface area contributed by atoms with Crippen LogP contribution < -0.4 is 19.5 Å². The number of para-hydroxylation sites is 2. The summed E-state index contributed by atoms with van der Waals surface area (Å²) in [4.78, 5) is 12.2. The summed E-state index contributed by atoms with van der Waals surface area (Å²) in [6.45, 7) is 2.09. The van der Waals surface area contributed by atoms with Gasteiger partial charge in [-0.1, -0.05) is 23.7 Å². The summed E-state index contributed by atoms with van der Waals surface area (Å²) in [5.74, 6) is 0.563. The van der Waals surface area contributed by atoms with Crippen LogP contribution in [0.4, 0.5) is 11.4 Å². The van der Waals surface area contributed by atoms with Gasteiger partial charge in [-0.15, -0.1) is 0 Å². The van der Waals surface area contributed by atoms with E-state index >= 15 is 0 Å². The Morgan fingerprint density at radius 2 is 1.61 bits per heavy atom. The van der Waals surface area contributed by atoms with Crippen molar-refractivity contribution in [3.8, 4) is 11.5 Å². The maximum Gasteiger partial charge on any atom is 0.262 e. The normalized spacial score (nSPS) is 10.9. The van der Waals surface area contributed by atoms with Crippen LogP contribution in [0.25, 0.3) is 0 Å². The number of carbonyl (C=O) groups is 1. The fourth-order valence-corrected chi connectivity index (χ4v) is 3.82. The molecule has 0 radical (unpaired) electrons. The van der Waals surface area contributed by atoms with Crippen molar-refractivity contribution in [3.63, 3.8) is 0 Å². The van der Waals surface area contributed by atoms with Crippen LogP contribution in [0.5, 0.6) is 11.5 Å². The summed E-state index contributed by atoms with van der Waals surface area (Å²) in [5.41, 5.74) is 0.946. The molecule has 7 nitrogen and oxygen atoms in total. The average molecular weight is 461 g/mol. The number of amides is 1. The van der Waals surface area contributed by atoms with Gasteiger partial charge in [-0.05, 0) is 67.6 Å². The topological polar surface area (TPSA) is 93.7 Å². The Hall–Kier alpha value is -3.23. The maximum absolute atomic E-state index is 12.5. The Labute approximate surface area is 186 Å². The summed E-state index contributed by atoms with van der Waals surface area (Å²) >= 11 is 5.81. The van der Waals surface area contributed by atoms with Gasteiger partial charge in [0.05, 0.1) is 17.2 Å². The molecule has 0 aliphatic heterocycles. The van der Waals surface area contributed by atoms with Crippen LogP contribution in [0.15, 0.2) is 77.7 Å². The maximum atomic E-state index is 12.5. The van der Waals surface area contributed by atoms with Crippen molar-refractivity contribution in [2.75, 3.05) is 23.3 Å². The first-order valence-corrected chi connectivity index (χ1v) is 11.3. The quantitative estimate of drug-likeness (QED) is 0.488. The third-order valence-electron chi connectivity index (χ3n) is 4.06. The van der Waals surface area contributed by atoms with Crippen LogP contribution >= 0.6 is 11.6 Å². The third kappa shape index (κ3) is 6.37. The molecule has 3 rings (SSSR count). The molecule has 0 spiro atoms. The molecule has 31 heavy (non-hydrogen) atoms. The number of carbonyl (C=O) groups excluding carboxylic acids is 1. The molecule has 0 heterocycles. The Morgan fingerprint density at radius 1 is 0.935 bits per heavy atom. The molecule has 0 unspecified atom stereocenters. The summed E-state index contributed by atoms with van der Waals surface area (Å²) in [7, 11) is -3.77. The molecule has 162 valence electrons. The molecule has 0 saturated carbocycles. The van der Waals surface area contributed by atoms with Crippen LogP contribution in [-0.4, -0.2) is 27.5 Å². The monoisotopic (exact) mass is 460 g/mol. The number of ether oxygens (including phenoxy) is 2. The van der Waals surface area contributed by atoms with Crippen LogP contribution in [0, 0.1) is 0 Å². The van der Waals surface area contributed by atoms with Crippen LogP contribution in [0.2, 0.25) is 5.02 Å². The highest BCUT2D eigenvalue weighted by Crippen LogP contribution is 2.24. The molecule has 0 aliphatic carbocycles. The van der Waals surface area contributed by atoms with E-state index in [1.165, 1.54) is 24.3 Å². The summed E-state index contributed by atoms with van der Waals surface area (Å²) in [5, 5.41) is 3.24. The van der Waals surface area contributed by atoms with Gasteiger partial charge < -0.3 is 14.8 Å². The molecule has 0 bridgehead atoms. The van der Waals surface area contributed by atoms with E-state index in [1.54, 1.807) is 42.5 Å². The lowest BCUT2D eigenvalue weighted by Crippen LogP contribution is -2.20. The van der Waals surface area contributed by atoms with Gasteiger partial charge in [0.1, 0.15) is 11.5 Å². The smallest absolute Gasteiger partial charge is 0.262 e. The minimum Gasteiger partial charge on any atom is -0.492 e. The van der Waals surface area contributed by atoms with Crippen molar-refractivity contribution in [1.82, 2.24) is 0 Å². The number of hydrogen-bond donors (Lipinski definition) is 2. The fraction of sp³-hybridized carbons (Fsp3) is 0.136. The Morgan fingerprint density at radius 3 is 2.29 bits per heavy atom. The number of hydrogen-bond acceptors (Lipinski definition) is 5. The number of benzene rings is 3. The minimum atomic E-state index is -3.77. The van der Waals surface area contributed by atoms with Gasteiger partial charge in [0.25, 0.3) is 15.9 Å². The standard InChI is InChI=1S/C22H21ClN2O5S/c1-2-29-21-6-4-3-5-20(21)24-22(26)15-30-18-11-13-19(14-12-18)31(27,28)25-17-9-7-16(23)8-10-17/h3-14,25H,2,15H2,1H3,(H,24,26). The van der Waals surface area contributed by atoms with E-state index in [0.717, 1.165) is 0 Å². The molecule has 0 atom stereocenters. The number of anilines is 2. The second-order valence-corrected chi connectivity index (χ2v) is 8.47. The number of halogens is 1. The lowest BCUT2D eigenvalue weighted by Gasteiger charge is -2.12. The third-order valence-corrected chi connectivity index (χ3v) is 5.71. The molecule has 3 aromatic carbocycles. The van der Waals surface area contributed by atoms with E-state index in [0.29, 0.717) is 34.5 Å². The van der Waals surface area contributed by atoms with Crippen LogP contribution in [-0.2, 0) is 14.8 Å². The SMILES string of the molecule is CCOc1ccccc1NC(=O)COc1ccc(S(=O)(=O)Nc2ccc(Cl)cc2)cc1. The van der Waals surface area contributed by atoms with Crippen molar-refractivity contribution in [1.29, 1.82) is 0 Å². The van der Waals surface area contributed by atoms with Gasteiger partial charge in [-0.2, -0.15) is 0 Å². The van der Waals surface area contributed by atoms with Gasteiger partial charge in [0.2, 0.25) is 0 Å². The largest absolute Gasteiger partial charge is 0.492 e. The highest BCUT2D eigenvalue weighted by atomic mass is 35.5. The molecular weight excluding hydrogens is 440 g/mol. The number of rotatable bonds is 9. The van der Waals surface area contributed by atoms with E-state index in [4.69, 9.17) is 21.1 Å². The van der Waals surface area contributed by atoms with Crippen LogP contribution in [0.3, 0.4) is 0 Å². The van der Waals surface area contributed by atoms with E-state index in [2.05, 4.69) is 10.0 Å². The van der Waals surface area contributed by atoms with Crippen molar-refractivity contribution >= 4 is 38.9 Å². The second-order valence-electron chi connectivity index (χ2n) is 6.35. The van der Waals surface area contributed by atoms with Gasteiger partial charge in [0.15, 0.2) is 6.61 Å². The Kier molecular flexibility index (Phi) is 7.38. The zero-order chi connectivity index (χ0) is 22.3. The molecule has 2 N–H and O–H groups in total. The minimum absolute atomic E-state index is 0.0601. The van der Waals surface area contributed by atoms with Gasteiger partial charge in [0, 0.05) is 10.7 Å². The van der Waals surface area contributed by atoms with Gasteiger partial charge in [-0.3, -0.25) is 9.52 Å². The van der Waals surface area contributed by atoms with Gasteiger partial charge >= 0.3 is 0 Å². The Balaban J connectivity index is 1.58. The zero-order valence-electron chi connectivity index (χ0n) is 16.7. The molecule has 0 saturated heterocycles. The predicted molar refractivity (Wildman–Crippen MR) is 120 cm³/mol. The van der Waals surface area contributed by atoms with Crippen molar-refractivity contribution in [2.24, 2.45) is 0 Å². The molecule has 0 aliphatic rings. The first-order chi connectivity index (χ1) is 14.9. The highest BCUT2D eigenvalue weighted by molar-refractivity contribution is 7.92. The molecule has 9 heteroatoms. The lowest BCUT2D eigenvalue weighted by molar-refractivity contribution is -0.118. The lowest BCUT2D eigenvalue weighted by atomic mass is 10.3. The molecule has 0 fully saturated rings. The van der Waals surface area contributed by atoms with E-state index < -0.39 is 10.0 Å². The Bertz CT molecular complexity index is 1130. The number of nitrogens with one attached hydrogen (secondary N) is 2. The van der Waals surface area contributed by atoms with E-state index in [-0.39, 0.29) is 17.4 Å². The molecule has 3 aromatic rings. The second kappa shape index (κ2) is 10.2. The zero-order valence-corrected chi connectivity index (χ0v) is 18.2. The fourth-order valence-electron chi connectivity index (χ4n) is 2.63. The van der Waals surface area contributed by atoms with E-state index in [1.807, 2.05) is 13.0 Å². The first-order valence-electron chi connectivity index (χ1n) is 9.40. The number of sulfonamides is 1. The first kappa shape index (κ1) is 22.5. The van der Waals surface area contributed by atoms with Crippen molar-refractivity contribution in [2.45, 2.75) is 11.8 Å². The summed E-state index contributed by atoms with van der Waals surface area (Å²) in [6.07, 6.45) is 0. The molecule has 1 amide bonds. The molecule has 0 aromatic heterocycles. The average Bonchev–Trinajstić information content (AvgIpc) is 2.76. The van der Waals surface area contributed by atoms with Gasteiger partial charge in [-0.25, -0.2) is 8.42 Å². The summed E-state index contributed by atoms with van der Waals surface area (Å²) < 4.78 is 38.4. The predicted octanol–water partition coefficient (Wildman–Crippen LogP) is 4.56. The highest BCUT2D eigenvalue weighted by Gasteiger charge is 2.15. The van der Waals surface area contributed by atoms with Crippen LogP contribution in [0.1, 0.15) is 6.92 Å². The van der Waals surface area contributed by atoms with Crippen molar-refractivity contribution in [3.05, 3.63) is 77.8 Å². The molecular formula is C22H21ClN2O5S.